The normalized spacial score (nSPS) is 11.4. The molecule has 0 radical (unpaired) electrons. The third kappa shape index (κ3) is 3.71. The molecule has 31 heavy (non-hydrogen) atoms. The number of aromatic hydroxyl groups is 1. The van der Waals surface area contributed by atoms with Gasteiger partial charge in [-0.25, -0.2) is 4.98 Å². The molecule has 0 atom stereocenters. The molecule has 1 aromatic carbocycles. The summed E-state index contributed by atoms with van der Waals surface area (Å²) in [6.45, 7) is 3.74. The van der Waals surface area contributed by atoms with Crippen molar-refractivity contribution < 1.29 is 9.90 Å². The van der Waals surface area contributed by atoms with Crippen LogP contribution < -0.4 is 11.1 Å². The Morgan fingerprint density at radius 2 is 1.97 bits per heavy atom. The maximum absolute atomic E-state index is 12.0. The molecule has 4 aromatic rings. The molecule has 4 N–H and O–H groups in total. The smallest absolute Gasteiger partial charge is 0.251 e. The second-order valence-corrected chi connectivity index (χ2v) is 8.90. The first-order valence-electron chi connectivity index (χ1n) is 9.57. The van der Waals surface area contributed by atoms with E-state index >= 15 is 0 Å². The Balaban J connectivity index is 1.68. The number of hydrogen-bond donors (Lipinski definition) is 3. The molecule has 0 spiro atoms. The first kappa shape index (κ1) is 20.4. The molecule has 3 heterocycles. The Morgan fingerprint density at radius 1 is 1.26 bits per heavy atom. The van der Waals surface area contributed by atoms with E-state index in [-0.39, 0.29) is 5.88 Å². The summed E-state index contributed by atoms with van der Waals surface area (Å²) >= 11 is 1.40. The van der Waals surface area contributed by atoms with E-state index in [4.69, 9.17) is 5.73 Å². The number of aromatic nitrogens is 2. The monoisotopic (exact) mass is 431 g/mol. The number of benzene rings is 1. The van der Waals surface area contributed by atoms with Gasteiger partial charge in [0.05, 0.1) is 28.0 Å². The van der Waals surface area contributed by atoms with Crippen LogP contribution in [0.5, 0.6) is 5.88 Å². The molecule has 7 nitrogen and oxygen atoms in total. The number of primary amides is 1. The summed E-state index contributed by atoms with van der Waals surface area (Å²) in [5.74, 6) is 0.152. The van der Waals surface area contributed by atoms with Crippen molar-refractivity contribution in [3.8, 4) is 22.4 Å². The number of carbonyl (C=O) groups is 1. The third-order valence-electron chi connectivity index (χ3n) is 5.23. The Hall–Kier alpha value is -3.83. The zero-order valence-corrected chi connectivity index (χ0v) is 18.1. The number of rotatable bonds is 5. The van der Waals surface area contributed by atoms with Crippen molar-refractivity contribution in [3.63, 3.8) is 0 Å². The molecule has 0 bridgehead atoms. The van der Waals surface area contributed by atoms with Gasteiger partial charge in [0.2, 0.25) is 0 Å². The number of amides is 1. The summed E-state index contributed by atoms with van der Waals surface area (Å²) < 4.78 is 1.59. The van der Waals surface area contributed by atoms with Crippen LogP contribution in [0.3, 0.4) is 0 Å². The largest absolute Gasteiger partial charge is 0.494 e. The maximum atomic E-state index is 12.0. The number of carbonyl (C=O) groups excluding carboxylic acids is 1. The lowest BCUT2D eigenvalue weighted by atomic mass is 9.86. The van der Waals surface area contributed by atoms with Gasteiger partial charge in [-0.1, -0.05) is 24.3 Å². The summed E-state index contributed by atoms with van der Waals surface area (Å²) in [5.41, 5.74) is 7.89. The van der Waals surface area contributed by atoms with Gasteiger partial charge in [0, 0.05) is 18.1 Å². The van der Waals surface area contributed by atoms with Crippen molar-refractivity contribution in [2.45, 2.75) is 19.3 Å². The molecule has 0 aliphatic heterocycles. The van der Waals surface area contributed by atoms with Gasteiger partial charge in [0.25, 0.3) is 5.91 Å². The highest BCUT2D eigenvalue weighted by molar-refractivity contribution is 7.19. The van der Waals surface area contributed by atoms with E-state index in [0.717, 1.165) is 16.0 Å². The molecule has 0 saturated carbocycles. The van der Waals surface area contributed by atoms with Gasteiger partial charge in [0.15, 0.2) is 5.88 Å². The van der Waals surface area contributed by atoms with Gasteiger partial charge in [-0.05, 0) is 43.2 Å². The van der Waals surface area contributed by atoms with Crippen LogP contribution in [0.2, 0.25) is 0 Å². The lowest BCUT2D eigenvalue weighted by molar-refractivity contribution is 0.100. The van der Waals surface area contributed by atoms with E-state index in [9.17, 15) is 15.2 Å². The summed E-state index contributed by atoms with van der Waals surface area (Å²) in [7, 11) is 1.74. The molecule has 0 saturated heterocycles. The average Bonchev–Trinajstić information content (AvgIpc) is 3.29. The number of pyridine rings is 1. The van der Waals surface area contributed by atoms with Gasteiger partial charge in [-0.15, -0.1) is 11.3 Å². The Morgan fingerprint density at radius 3 is 2.61 bits per heavy atom. The van der Waals surface area contributed by atoms with Crippen molar-refractivity contribution >= 4 is 39.0 Å². The van der Waals surface area contributed by atoms with Crippen LogP contribution in [0, 0.1) is 11.3 Å². The van der Waals surface area contributed by atoms with Crippen LogP contribution >= 0.6 is 11.3 Å². The SMILES string of the molecule is Cn1cc2nc(Nc3sc(-c4ccc(C(C)(C)C#N)cc4)cc3C(N)=O)ccc2c1O. The fourth-order valence-electron chi connectivity index (χ4n) is 3.31. The minimum atomic E-state index is -0.574. The van der Waals surface area contributed by atoms with Gasteiger partial charge >= 0.3 is 0 Å². The second-order valence-electron chi connectivity index (χ2n) is 7.85. The van der Waals surface area contributed by atoms with Crippen LogP contribution in [0.1, 0.15) is 29.8 Å². The second kappa shape index (κ2) is 7.45. The molecule has 156 valence electrons. The van der Waals surface area contributed by atoms with Gasteiger partial charge in [-0.3, -0.25) is 4.79 Å². The zero-order valence-electron chi connectivity index (χ0n) is 17.3. The summed E-state index contributed by atoms with van der Waals surface area (Å²) in [6.07, 6.45) is 1.73. The fourth-order valence-corrected chi connectivity index (χ4v) is 4.38. The van der Waals surface area contributed by atoms with Crippen LogP contribution in [-0.2, 0) is 12.5 Å². The van der Waals surface area contributed by atoms with Crippen LogP contribution in [0.25, 0.3) is 21.3 Å². The predicted molar refractivity (Wildman–Crippen MR) is 123 cm³/mol. The first-order chi connectivity index (χ1) is 14.7. The van der Waals surface area contributed by atoms with Gasteiger partial charge < -0.3 is 20.7 Å². The molecular formula is C23H21N5O2S. The van der Waals surface area contributed by atoms with Crippen molar-refractivity contribution in [1.29, 1.82) is 5.26 Å². The number of nitrogens with one attached hydrogen (secondary N) is 1. The number of nitrogens with zero attached hydrogens (tertiary/aromatic N) is 3. The third-order valence-corrected chi connectivity index (χ3v) is 6.32. The fraction of sp³-hybridized carbons (Fsp3) is 0.174. The van der Waals surface area contributed by atoms with Crippen LogP contribution in [0.15, 0.2) is 48.7 Å². The van der Waals surface area contributed by atoms with E-state index in [1.807, 2.05) is 38.1 Å². The molecule has 8 heteroatoms. The predicted octanol–water partition coefficient (Wildman–Crippen LogP) is 4.65. The molecule has 0 fully saturated rings. The highest BCUT2D eigenvalue weighted by Crippen LogP contribution is 2.38. The highest BCUT2D eigenvalue weighted by atomic mass is 32.1. The molecule has 0 aliphatic rings. The first-order valence-corrected chi connectivity index (χ1v) is 10.4. The number of thiophene rings is 1. The van der Waals surface area contributed by atoms with Crippen LogP contribution in [0.4, 0.5) is 10.8 Å². The molecule has 0 unspecified atom stereocenters. The minimum absolute atomic E-state index is 0.147. The number of aryl methyl sites for hydroxylation is 1. The Kier molecular flexibility index (Phi) is 4.91. The number of nitrogens with two attached hydrogens (primary N) is 1. The van der Waals surface area contributed by atoms with E-state index in [2.05, 4.69) is 16.4 Å². The summed E-state index contributed by atoms with van der Waals surface area (Å²) in [4.78, 5) is 17.4. The van der Waals surface area contributed by atoms with Crippen LogP contribution in [-0.4, -0.2) is 20.6 Å². The highest BCUT2D eigenvalue weighted by Gasteiger charge is 2.20. The van der Waals surface area contributed by atoms with Gasteiger partial charge in [0.1, 0.15) is 10.8 Å². The van der Waals surface area contributed by atoms with E-state index in [1.54, 1.807) is 36.0 Å². The lowest BCUT2D eigenvalue weighted by Crippen LogP contribution is -2.13. The standard InChI is InChI=1S/C23H21N5O2S/c1-23(2,12-24)14-6-4-13(5-7-14)18-10-16(20(25)29)21(31-18)27-19-9-8-15-17(26-19)11-28(3)22(15)30/h4-11,30H,1-3H3,(H2,25,29)(H,26,27). The zero-order chi connectivity index (χ0) is 22.3. The molecule has 4 rings (SSSR count). The quantitative estimate of drug-likeness (QED) is 0.425. The molecule has 1 amide bonds. The minimum Gasteiger partial charge on any atom is -0.494 e. The van der Waals surface area contributed by atoms with Crippen molar-refractivity contribution in [1.82, 2.24) is 9.55 Å². The molecular weight excluding hydrogens is 410 g/mol. The molecule has 0 aliphatic carbocycles. The summed E-state index contributed by atoms with van der Waals surface area (Å²) in [5, 5.41) is 23.8. The Labute approximate surface area is 183 Å². The van der Waals surface area contributed by atoms with E-state index in [1.165, 1.54) is 11.3 Å². The molecule has 3 aromatic heterocycles. The average molecular weight is 432 g/mol. The number of fused-ring (bicyclic) bond motifs is 1. The topological polar surface area (TPSA) is 117 Å². The summed E-state index contributed by atoms with van der Waals surface area (Å²) in [6, 6.07) is 15.3. The number of nitriles is 1. The van der Waals surface area contributed by atoms with Gasteiger partial charge in [-0.2, -0.15) is 5.26 Å². The maximum Gasteiger partial charge on any atom is 0.251 e. The number of hydrogen-bond acceptors (Lipinski definition) is 6. The van der Waals surface area contributed by atoms with Crippen molar-refractivity contribution in [2.75, 3.05) is 5.32 Å². The number of anilines is 2. The van der Waals surface area contributed by atoms with Crippen molar-refractivity contribution in [2.24, 2.45) is 12.8 Å². The lowest BCUT2D eigenvalue weighted by Gasteiger charge is -2.15. The Bertz CT molecular complexity index is 1340. The van der Waals surface area contributed by atoms with Crippen molar-refractivity contribution in [3.05, 3.63) is 59.8 Å². The van der Waals surface area contributed by atoms with E-state index in [0.29, 0.717) is 27.3 Å². The van der Waals surface area contributed by atoms with E-state index < -0.39 is 11.3 Å².